The lowest BCUT2D eigenvalue weighted by Crippen LogP contribution is -2.39. The van der Waals surface area contributed by atoms with E-state index in [1.807, 2.05) is 12.2 Å². The van der Waals surface area contributed by atoms with Crippen LogP contribution in [-0.4, -0.2) is 33.8 Å². The van der Waals surface area contributed by atoms with Crippen molar-refractivity contribution in [3.63, 3.8) is 0 Å². The Bertz CT molecular complexity index is 1040. The zero-order chi connectivity index (χ0) is 21.0. The van der Waals surface area contributed by atoms with Crippen molar-refractivity contribution in [1.29, 1.82) is 0 Å². The monoisotopic (exact) mass is 398 g/mol. The number of benzene rings is 1. The van der Waals surface area contributed by atoms with Gasteiger partial charge in [0.15, 0.2) is 0 Å². The molecule has 0 amide bonds. The Labute approximate surface area is 167 Å². The van der Waals surface area contributed by atoms with Gasteiger partial charge in [0.1, 0.15) is 12.7 Å². The zero-order valence-corrected chi connectivity index (χ0v) is 16.2. The maximum absolute atomic E-state index is 13.0. The summed E-state index contributed by atoms with van der Waals surface area (Å²) in [6.07, 6.45) is 4.96. The number of para-hydroxylation sites is 1. The lowest BCUT2D eigenvalue weighted by molar-refractivity contribution is -0.158. The fourth-order valence-electron chi connectivity index (χ4n) is 3.41. The van der Waals surface area contributed by atoms with Crippen molar-refractivity contribution in [2.45, 2.75) is 32.4 Å². The van der Waals surface area contributed by atoms with Crippen molar-refractivity contribution in [2.24, 2.45) is 5.92 Å². The average molecular weight is 398 g/mol. The van der Waals surface area contributed by atoms with Gasteiger partial charge in [0.25, 0.3) is 5.56 Å². The predicted molar refractivity (Wildman–Crippen MR) is 105 cm³/mol. The molecule has 1 aliphatic rings. The number of carbonyl (C=O) groups excluding carboxylic acids is 2. The van der Waals surface area contributed by atoms with Gasteiger partial charge in [0, 0.05) is 32.0 Å². The van der Waals surface area contributed by atoms with E-state index in [0.717, 1.165) is 4.57 Å². The van der Waals surface area contributed by atoms with Gasteiger partial charge in [0.2, 0.25) is 0 Å². The summed E-state index contributed by atoms with van der Waals surface area (Å²) in [5, 5.41) is 0. The first-order valence-corrected chi connectivity index (χ1v) is 9.25. The fraction of sp³-hybridized carbons (Fsp3) is 0.333. The third-order valence-electron chi connectivity index (χ3n) is 4.72. The van der Waals surface area contributed by atoms with E-state index in [1.54, 1.807) is 30.3 Å². The number of ether oxygens (including phenoxy) is 2. The van der Waals surface area contributed by atoms with E-state index in [0.29, 0.717) is 12.1 Å². The Hall–Kier alpha value is -3.42. The molecule has 0 bridgehead atoms. The Morgan fingerprint density at radius 1 is 1.07 bits per heavy atom. The van der Waals surface area contributed by atoms with Crippen LogP contribution >= 0.6 is 0 Å². The van der Waals surface area contributed by atoms with Crippen LogP contribution in [0.3, 0.4) is 0 Å². The van der Waals surface area contributed by atoms with Crippen LogP contribution < -0.4 is 11.2 Å². The van der Waals surface area contributed by atoms with Crippen LogP contribution in [0.1, 0.15) is 26.3 Å². The molecule has 1 aromatic carbocycles. The molecule has 1 aliphatic carbocycles. The second kappa shape index (κ2) is 8.72. The van der Waals surface area contributed by atoms with Gasteiger partial charge in [0.05, 0.1) is 11.7 Å². The van der Waals surface area contributed by atoms with E-state index in [1.165, 1.54) is 30.7 Å². The summed E-state index contributed by atoms with van der Waals surface area (Å²) in [6, 6.07) is 9.72. The Balaban J connectivity index is 1.85. The van der Waals surface area contributed by atoms with Crippen LogP contribution in [0.15, 0.2) is 64.3 Å². The maximum Gasteiger partial charge on any atom is 0.336 e. The van der Waals surface area contributed by atoms with Gasteiger partial charge in [-0.05, 0) is 18.6 Å². The number of nitrogens with zero attached hydrogens (tertiary/aromatic N) is 2. The van der Waals surface area contributed by atoms with E-state index in [-0.39, 0.29) is 18.6 Å². The average Bonchev–Trinajstić information content (AvgIpc) is 3.15. The molecule has 0 fully saturated rings. The van der Waals surface area contributed by atoms with E-state index in [2.05, 4.69) is 0 Å². The largest absolute Gasteiger partial charge is 0.462 e. The number of allylic oxidation sites excluding steroid dienone is 1. The van der Waals surface area contributed by atoms with Crippen LogP contribution in [0.25, 0.3) is 5.69 Å². The summed E-state index contributed by atoms with van der Waals surface area (Å²) in [7, 11) is 0. The minimum atomic E-state index is -0.645. The third kappa shape index (κ3) is 4.71. The molecule has 1 aromatic heterocycles. The molecule has 2 aromatic rings. The lowest BCUT2D eigenvalue weighted by atomic mass is 10.0. The second-order valence-corrected chi connectivity index (χ2v) is 6.82. The molecule has 8 nitrogen and oxygen atoms in total. The molecule has 3 atom stereocenters. The van der Waals surface area contributed by atoms with Crippen molar-refractivity contribution in [1.82, 2.24) is 9.13 Å². The molecule has 0 radical (unpaired) electrons. The van der Waals surface area contributed by atoms with Crippen LogP contribution in [0, 0.1) is 5.92 Å². The van der Waals surface area contributed by atoms with Gasteiger partial charge in [-0.1, -0.05) is 30.4 Å². The van der Waals surface area contributed by atoms with Crippen molar-refractivity contribution < 1.29 is 19.1 Å². The van der Waals surface area contributed by atoms with Crippen LogP contribution in [-0.2, 0) is 19.1 Å². The highest BCUT2D eigenvalue weighted by molar-refractivity contribution is 5.67. The first kappa shape index (κ1) is 20.3. The summed E-state index contributed by atoms with van der Waals surface area (Å²) in [5.74, 6) is -1.17. The normalized spacial score (nSPS) is 19.0. The van der Waals surface area contributed by atoms with Crippen molar-refractivity contribution in [2.75, 3.05) is 6.61 Å². The van der Waals surface area contributed by atoms with Gasteiger partial charge in [-0.25, -0.2) is 9.36 Å². The van der Waals surface area contributed by atoms with Crippen molar-refractivity contribution in [3.05, 3.63) is 75.6 Å². The number of esters is 2. The van der Waals surface area contributed by atoms with Gasteiger partial charge < -0.3 is 9.47 Å². The number of carbonyl (C=O) groups is 2. The molecule has 0 aliphatic heterocycles. The first-order valence-electron chi connectivity index (χ1n) is 9.25. The quantitative estimate of drug-likeness (QED) is 0.542. The molecule has 3 rings (SSSR count). The Kier molecular flexibility index (Phi) is 6.11. The van der Waals surface area contributed by atoms with Gasteiger partial charge in [-0.3, -0.25) is 19.0 Å². The molecular weight excluding hydrogens is 376 g/mol. The smallest absolute Gasteiger partial charge is 0.336 e. The van der Waals surface area contributed by atoms with Crippen molar-refractivity contribution in [3.8, 4) is 5.69 Å². The topological polar surface area (TPSA) is 96.6 Å². The fourth-order valence-corrected chi connectivity index (χ4v) is 3.41. The lowest BCUT2D eigenvalue weighted by Gasteiger charge is -2.23. The van der Waals surface area contributed by atoms with Crippen LogP contribution in [0.2, 0.25) is 0 Å². The summed E-state index contributed by atoms with van der Waals surface area (Å²) < 4.78 is 12.9. The molecule has 0 saturated carbocycles. The minimum absolute atomic E-state index is 0.0605. The van der Waals surface area contributed by atoms with E-state index < -0.39 is 29.3 Å². The van der Waals surface area contributed by atoms with E-state index in [4.69, 9.17) is 9.47 Å². The molecule has 8 heteroatoms. The Morgan fingerprint density at radius 2 is 1.79 bits per heavy atom. The maximum atomic E-state index is 13.0. The van der Waals surface area contributed by atoms with E-state index >= 15 is 0 Å². The second-order valence-electron chi connectivity index (χ2n) is 6.82. The third-order valence-corrected chi connectivity index (χ3v) is 4.72. The molecule has 1 heterocycles. The number of hydrogen-bond donors (Lipinski definition) is 0. The molecule has 1 unspecified atom stereocenters. The first-order chi connectivity index (χ1) is 13.9. The number of aromatic nitrogens is 2. The summed E-state index contributed by atoms with van der Waals surface area (Å²) >= 11 is 0. The predicted octanol–water partition coefficient (Wildman–Crippen LogP) is 1.61. The van der Waals surface area contributed by atoms with Gasteiger partial charge in [-0.15, -0.1) is 0 Å². The van der Waals surface area contributed by atoms with Crippen LogP contribution in [0.5, 0.6) is 0 Å². The molecule has 0 spiro atoms. The molecule has 0 N–H and O–H groups in total. The standard InChI is InChI=1S/C21H22N2O6/c1-14(24)28-13-19(29-15(2)25)16-8-9-18(12-16)22-11-10-20(26)23(21(22)27)17-6-4-3-5-7-17/h3-11,16,18-19H,12-13H2,1-2H3/t16-,18+,19?/m1/s1. The highest BCUT2D eigenvalue weighted by Gasteiger charge is 2.31. The Morgan fingerprint density at radius 3 is 2.45 bits per heavy atom. The van der Waals surface area contributed by atoms with Gasteiger partial charge in [-0.2, -0.15) is 0 Å². The highest BCUT2D eigenvalue weighted by atomic mass is 16.6. The number of rotatable bonds is 6. The summed E-state index contributed by atoms with van der Waals surface area (Å²) in [4.78, 5) is 47.8. The van der Waals surface area contributed by atoms with E-state index in [9.17, 15) is 19.2 Å². The molecule has 152 valence electrons. The minimum Gasteiger partial charge on any atom is -0.462 e. The summed E-state index contributed by atoms with van der Waals surface area (Å²) in [5.41, 5.74) is -0.380. The van der Waals surface area contributed by atoms with Crippen molar-refractivity contribution >= 4 is 11.9 Å². The van der Waals surface area contributed by atoms with Gasteiger partial charge >= 0.3 is 17.6 Å². The summed E-state index contributed by atoms with van der Waals surface area (Å²) in [6.45, 7) is 2.51. The van der Waals surface area contributed by atoms with Crippen LogP contribution in [0.4, 0.5) is 0 Å². The number of hydrogen-bond acceptors (Lipinski definition) is 6. The molecule has 29 heavy (non-hydrogen) atoms. The molecule has 0 saturated heterocycles. The SMILES string of the molecule is CC(=O)OCC(OC(C)=O)[C@@H]1C=C[C@H](n2ccc(=O)n(-c3ccccc3)c2=O)C1. The zero-order valence-electron chi connectivity index (χ0n) is 16.2. The molecular formula is C21H22N2O6. The highest BCUT2D eigenvalue weighted by Crippen LogP contribution is 2.30.